The minimum absolute atomic E-state index is 0.167. The van der Waals surface area contributed by atoms with Crippen molar-refractivity contribution in [1.82, 2.24) is 9.99 Å². The molecule has 0 bridgehead atoms. The number of hydrogen-bond acceptors (Lipinski definition) is 6. The summed E-state index contributed by atoms with van der Waals surface area (Å²) < 4.78 is 29.8. The number of nitro benzene ring substituents is 1. The van der Waals surface area contributed by atoms with Gasteiger partial charge in [-0.3, -0.25) is 19.2 Å². The number of benzene rings is 3. The molecule has 4 rings (SSSR count). The van der Waals surface area contributed by atoms with Crippen molar-refractivity contribution in [2.75, 3.05) is 10.8 Å². The molecule has 4 aromatic rings. The molecule has 3 aromatic carbocycles. The molecular formula is C27H24ClN5O5S. The molecule has 1 amide bonds. The van der Waals surface area contributed by atoms with Crippen molar-refractivity contribution in [3.8, 4) is 5.69 Å². The monoisotopic (exact) mass is 565 g/mol. The fraction of sp³-hybridized carbons (Fsp3) is 0.111. The Hall–Kier alpha value is -4.48. The minimum atomic E-state index is -4.48. The van der Waals surface area contributed by atoms with E-state index in [2.05, 4.69) is 10.5 Å². The second kappa shape index (κ2) is 11.5. The number of rotatable bonds is 9. The van der Waals surface area contributed by atoms with E-state index in [1.807, 2.05) is 42.7 Å². The molecule has 39 heavy (non-hydrogen) atoms. The Morgan fingerprint density at radius 2 is 1.74 bits per heavy atom. The van der Waals surface area contributed by atoms with Crippen LogP contribution in [0.1, 0.15) is 17.0 Å². The maximum atomic E-state index is 13.5. The number of para-hydroxylation sites is 2. The highest BCUT2D eigenvalue weighted by Gasteiger charge is 2.33. The number of aromatic nitrogens is 1. The van der Waals surface area contributed by atoms with Gasteiger partial charge in [-0.25, -0.2) is 13.8 Å². The molecule has 0 atom stereocenters. The van der Waals surface area contributed by atoms with Crippen molar-refractivity contribution in [3.05, 3.63) is 117 Å². The summed E-state index contributed by atoms with van der Waals surface area (Å²) >= 11 is 6.14. The van der Waals surface area contributed by atoms with E-state index in [9.17, 15) is 23.3 Å². The lowest BCUT2D eigenvalue weighted by Gasteiger charge is -2.23. The van der Waals surface area contributed by atoms with Gasteiger partial charge in [0.1, 0.15) is 6.54 Å². The Labute approximate surface area is 230 Å². The predicted octanol–water partition coefficient (Wildman–Crippen LogP) is 5.00. The lowest BCUT2D eigenvalue weighted by Crippen LogP contribution is -2.39. The number of carbonyl (C=O) groups excluding carboxylic acids is 1. The van der Waals surface area contributed by atoms with Crippen LogP contribution in [-0.2, 0) is 14.8 Å². The largest absolute Gasteiger partial charge is 0.318 e. The highest BCUT2D eigenvalue weighted by Crippen LogP contribution is 2.29. The van der Waals surface area contributed by atoms with E-state index in [0.717, 1.165) is 39.1 Å². The van der Waals surface area contributed by atoms with E-state index in [1.54, 1.807) is 24.3 Å². The lowest BCUT2D eigenvalue weighted by molar-refractivity contribution is -0.387. The first-order valence-electron chi connectivity index (χ1n) is 11.7. The number of sulfonamides is 1. The van der Waals surface area contributed by atoms with Gasteiger partial charge in [0.2, 0.25) is 0 Å². The summed E-state index contributed by atoms with van der Waals surface area (Å²) in [7, 11) is -4.48. The van der Waals surface area contributed by atoms with E-state index in [1.165, 1.54) is 30.5 Å². The quantitative estimate of drug-likeness (QED) is 0.173. The molecule has 10 nitrogen and oxygen atoms in total. The van der Waals surface area contributed by atoms with Crippen molar-refractivity contribution >= 4 is 45.1 Å². The number of hydrazone groups is 1. The predicted molar refractivity (Wildman–Crippen MR) is 150 cm³/mol. The van der Waals surface area contributed by atoms with Crippen LogP contribution >= 0.6 is 11.6 Å². The summed E-state index contributed by atoms with van der Waals surface area (Å²) in [4.78, 5) is 23.0. The number of nitrogens with one attached hydrogen (secondary N) is 1. The van der Waals surface area contributed by atoms with Crippen molar-refractivity contribution in [1.29, 1.82) is 0 Å². The molecule has 0 saturated carbocycles. The van der Waals surface area contributed by atoms with Gasteiger partial charge in [0.05, 0.1) is 16.8 Å². The number of nitrogens with zero attached hydrogens (tertiary/aromatic N) is 4. The second-order valence-corrected chi connectivity index (χ2v) is 10.8. The van der Waals surface area contributed by atoms with E-state index in [4.69, 9.17) is 11.6 Å². The molecule has 12 heteroatoms. The molecule has 1 aromatic heterocycles. The molecule has 1 N–H and O–H groups in total. The standard InChI is InChI=1S/C27H24ClN5O5S/c1-19-15-21(20(2)32(19)24-12-8-9-22(28)16-24)17-29-30-27(34)18-31(23-10-4-3-5-11-23)39(37,38)26-14-7-6-13-25(26)33(35)36/h3-17H,18H2,1-2H3,(H,30,34)/b29-17+. The number of hydrogen-bond donors (Lipinski definition) is 1. The number of halogens is 1. The third kappa shape index (κ3) is 6.00. The van der Waals surface area contributed by atoms with E-state index in [-0.39, 0.29) is 5.69 Å². The van der Waals surface area contributed by atoms with Gasteiger partial charge in [-0.1, -0.05) is 48.0 Å². The Kier molecular flexibility index (Phi) is 8.12. The van der Waals surface area contributed by atoms with Crippen molar-refractivity contribution in [3.63, 3.8) is 0 Å². The zero-order valence-corrected chi connectivity index (χ0v) is 22.6. The lowest BCUT2D eigenvalue weighted by atomic mass is 10.2. The van der Waals surface area contributed by atoms with Gasteiger partial charge in [0.15, 0.2) is 4.90 Å². The molecule has 0 aliphatic rings. The third-order valence-electron chi connectivity index (χ3n) is 5.89. The van der Waals surface area contributed by atoms with Crippen LogP contribution in [0.4, 0.5) is 11.4 Å². The first-order chi connectivity index (χ1) is 18.6. The molecule has 200 valence electrons. The van der Waals surface area contributed by atoms with Gasteiger partial charge in [-0.05, 0) is 56.3 Å². The molecule has 0 spiro atoms. The second-order valence-electron chi connectivity index (χ2n) is 8.51. The van der Waals surface area contributed by atoms with Crippen molar-refractivity contribution in [2.24, 2.45) is 5.10 Å². The average molecular weight is 566 g/mol. The molecule has 0 aliphatic heterocycles. The van der Waals surface area contributed by atoms with E-state index in [0.29, 0.717) is 5.02 Å². The number of aryl methyl sites for hydroxylation is 1. The van der Waals surface area contributed by atoms with Gasteiger partial charge >= 0.3 is 0 Å². The Morgan fingerprint density at radius 3 is 2.44 bits per heavy atom. The van der Waals surface area contributed by atoms with Gasteiger partial charge in [0, 0.05) is 33.7 Å². The van der Waals surface area contributed by atoms with Crippen LogP contribution < -0.4 is 9.73 Å². The van der Waals surface area contributed by atoms with Crippen LogP contribution in [0.2, 0.25) is 5.02 Å². The van der Waals surface area contributed by atoms with Gasteiger partial charge in [-0.15, -0.1) is 0 Å². The average Bonchev–Trinajstić information content (AvgIpc) is 3.20. The first-order valence-corrected chi connectivity index (χ1v) is 13.5. The minimum Gasteiger partial charge on any atom is -0.318 e. The summed E-state index contributed by atoms with van der Waals surface area (Å²) in [5.74, 6) is -0.735. The number of amides is 1. The number of carbonyl (C=O) groups is 1. The number of nitro groups is 1. The molecule has 0 radical (unpaired) electrons. The fourth-order valence-corrected chi connectivity index (χ4v) is 5.89. The molecule has 0 saturated heterocycles. The van der Waals surface area contributed by atoms with Crippen LogP contribution in [0.25, 0.3) is 5.69 Å². The van der Waals surface area contributed by atoms with Crippen LogP contribution in [0.5, 0.6) is 0 Å². The smallest absolute Gasteiger partial charge is 0.289 e. The van der Waals surface area contributed by atoms with Crippen molar-refractivity contribution < 1.29 is 18.1 Å². The summed E-state index contributed by atoms with van der Waals surface area (Å²) in [6, 6.07) is 22.1. The van der Waals surface area contributed by atoms with Crippen LogP contribution in [0, 0.1) is 24.0 Å². The molecule has 0 unspecified atom stereocenters. The van der Waals surface area contributed by atoms with Crippen LogP contribution in [0.15, 0.2) is 94.9 Å². The maximum Gasteiger partial charge on any atom is 0.289 e. The Bertz CT molecular complexity index is 1670. The third-order valence-corrected chi connectivity index (χ3v) is 7.95. The zero-order valence-electron chi connectivity index (χ0n) is 21.0. The van der Waals surface area contributed by atoms with Crippen molar-refractivity contribution in [2.45, 2.75) is 18.7 Å². The first kappa shape index (κ1) is 27.6. The summed E-state index contributed by atoms with van der Waals surface area (Å²) in [5.41, 5.74) is 5.33. The van der Waals surface area contributed by atoms with Gasteiger partial charge in [-0.2, -0.15) is 5.10 Å². The van der Waals surface area contributed by atoms with Crippen LogP contribution in [0.3, 0.4) is 0 Å². The summed E-state index contributed by atoms with van der Waals surface area (Å²) in [6.45, 7) is 3.17. The zero-order chi connectivity index (χ0) is 28.2. The van der Waals surface area contributed by atoms with Crippen LogP contribution in [-0.4, -0.2) is 36.6 Å². The summed E-state index contributed by atoms with van der Waals surface area (Å²) in [6.07, 6.45) is 1.46. The van der Waals surface area contributed by atoms with Gasteiger partial charge in [0.25, 0.3) is 21.6 Å². The molecule has 1 heterocycles. The Morgan fingerprint density at radius 1 is 1.05 bits per heavy atom. The topological polar surface area (TPSA) is 127 Å². The van der Waals surface area contributed by atoms with E-state index >= 15 is 0 Å². The maximum absolute atomic E-state index is 13.5. The SMILES string of the molecule is Cc1cc(/C=N/NC(=O)CN(c2ccccc2)S(=O)(=O)c2ccccc2[N+](=O)[O-])c(C)n1-c1cccc(Cl)c1. The summed E-state index contributed by atoms with van der Waals surface area (Å²) in [5, 5.41) is 16.1. The Balaban J connectivity index is 1.58. The fourth-order valence-electron chi connectivity index (χ4n) is 4.12. The molecule has 0 fully saturated rings. The number of anilines is 1. The molecule has 0 aliphatic carbocycles. The normalized spacial score (nSPS) is 11.5. The molecular weight excluding hydrogens is 542 g/mol. The highest BCUT2D eigenvalue weighted by atomic mass is 35.5. The highest BCUT2D eigenvalue weighted by molar-refractivity contribution is 7.93. The van der Waals surface area contributed by atoms with Gasteiger partial charge < -0.3 is 4.57 Å². The van der Waals surface area contributed by atoms with E-state index < -0.39 is 38.0 Å².